The summed E-state index contributed by atoms with van der Waals surface area (Å²) in [5.74, 6) is -0.143. The number of hydrogen-bond acceptors (Lipinski definition) is 1. The molecule has 1 fully saturated rings. The molecular weight excluding hydrogens is 241 g/mol. The Kier molecular flexibility index (Phi) is 2.77. The van der Waals surface area contributed by atoms with E-state index in [0.717, 1.165) is 24.1 Å². The topological polar surface area (TPSA) is 29.1 Å². The molecule has 0 saturated carbocycles. The molecule has 1 heterocycles. The van der Waals surface area contributed by atoms with Crippen molar-refractivity contribution in [3.8, 4) is 0 Å². The molecule has 1 aliphatic heterocycles. The van der Waals surface area contributed by atoms with Crippen molar-refractivity contribution in [1.29, 1.82) is 0 Å². The van der Waals surface area contributed by atoms with Gasteiger partial charge in [-0.05, 0) is 43.0 Å². The fourth-order valence-electron chi connectivity index (χ4n) is 2.89. The van der Waals surface area contributed by atoms with Gasteiger partial charge in [0.2, 0.25) is 5.91 Å². The van der Waals surface area contributed by atoms with Gasteiger partial charge in [0.25, 0.3) is 0 Å². The lowest BCUT2D eigenvalue weighted by molar-refractivity contribution is -0.129. The van der Waals surface area contributed by atoms with Crippen LogP contribution in [0.3, 0.4) is 0 Å². The molecule has 0 aromatic heterocycles. The molecule has 2 aliphatic rings. The third-order valence-corrected chi connectivity index (χ3v) is 4.13. The summed E-state index contributed by atoms with van der Waals surface area (Å²) < 4.78 is 13.0. The minimum atomic E-state index is -0.448. The monoisotopic (exact) mass is 257 g/mol. The summed E-state index contributed by atoms with van der Waals surface area (Å²) in [6, 6.07) is 6.45. The summed E-state index contributed by atoms with van der Waals surface area (Å²) >= 11 is 0. The second-order valence-electron chi connectivity index (χ2n) is 5.41. The summed E-state index contributed by atoms with van der Waals surface area (Å²) in [5.41, 5.74) is 2.82. The molecule has 1 saturated heterocycles. The summed E-state index contributed by atoms with van der Waals surface area (Å²) in [4.78, 5) is 12.1. The number of rotatable bonds is 1. The Morgan fingerprint density at radius 3 is 2.68 bits per heavy atom. The summed E-state index contributed by atoms with van der Waals surface area (Å²) in [7, 11) is 0. The molecule has 1 amide bonds. The van der Waals surface area contributed by atoms with E-state index in [9.17, 15) is 9.18 Å². The van der Waals surface area contributed by atoms with Crippen LogP contribution >= 0.6 is 0 Å². The standard InChI is InChI=1S/C16H16FNO/c1-16-10-12(11-3-6-14(17)7-4-11)2-5-13(16)8-9-18-15(16)19/h2-7H,8-10H2,1H3,(H,18,19). The van der Waals surface area contributed by atoms with Crippen molar-refractivity contribution in [2.75, 3.05) is 6.54 Å². The van der Waals surface area contributed by atoms with Crippen molar-refractivity contribution in [3.05, 3.63) is 53.4 Å². The zero-order valence-electron chi connectivity index (χ0n) is 10.9. The van der Waals surface area contributed by atoms with E-state index in [4.69, 9.17) is 0 Å². The van der Waals surface area contributed by atoms with Gasteiger partial charge in [-0.25, -0.2) is 4.39 Å². The average molecular weight is 257 g/mol. The molecule has 1 unspecified atom stereocenters. The fourth-order valence-corrected chi connectivity index (χ4v) is 2.89. The van der Waals surface area contributed by atoms with Crippen LogP contribution in [0.2, 0.25) is 0 Å². The largest absolute Gasteiger partial charge is 0.355 e. The summed E-state index contributed by atoms with van der Waals surface area (Å²) in [6.07, 6.45) is 5.70. The first-order valence-electron chi connectivity index (χ1n) is 6.54. The lowest BCUT2D eigenvalue weighted by Crippen LogP contribution is -2.46. The van der Waals surface area contributed by atoms with E-state index in [1.54, 1.807) is 12.1 Å². The van der Waals surface area contributed by atoms with Crippen molar-refractivity contribution >= 4 is 11.5 Å². The number of amides is 1. The predicted molar refractivity (Wildman–Crippen MR) is 72.8 cm³/mol. The highest BCUT2D eigenvalue weighted by molar-refractivity contribution is 5.90. The van der Waals surface area contributed by atoms with Crippen molar-refractivity contribution in [2.45, 2.75) is 19.8 Å². The smallest absolute Gasteiger partial charge is 0.230 e. The first-order valence-corrected chi connectivity index (χ1v) is 6.54. The van der Waals surface area contributed by atoms with Gasteiger partial charge in [0.1, 0.15) is 5.82 Å². The van der Waals surface area contributed by atoms with Crippen molar-refractivity contribution < 1.29 is 9.18 Å². The number of carbonyl (C=O) groups is 1. The average Bonchev–Trinajstić information content (AvgIpc) is 2.40. The van der Waals surface area contributed by atoms with Crippen LogP contribution in [0.1, 0.15) is 25.3 Å². The van der Waals surface area contributed by atoms with E-state index in [-0.39, 0.29) is 11.7 Å². The third kappa shape index (κ3) is 1.99. The Morgan fingerprint density at radius 2 is 1.95 bits per heavy atom. The van der Waals surface area contributed by atoms with Crippen LogP contribution < -0.4 is 5.32 Å². The minimum Gasteiger partial charge on any atom is -0.355 e. The quantitative estimate of drug-likeness (QED) is 0.823. The molecule has 0 radical (unpaired) electrons. The van der Waals surface area contributed by atoms with Crippen molar-refractivity contribution in [2.24, 2.45) is 5.41 Å². The molecule has 1 aromatic carbocycles. The van der Waals surface area contributed by atoms with E-state index < -0.39 is 5.41 Å². The van der Waals surface area contributed by atoms with Crippen LogP contribution in [-0.2, 0) is 4.79 Å². The van der Waals surface area contributed by atoms with E-state index in [2.05, 4.69) is 17.5 Å². The van der Waals surface area contributed by atoms with Gasteiger partial charge in [0.05, 0.1) is 5.41 Å². The van der Waals surface area contributed by atoms with Gasteiger partial charge in [-0.2, -0.15) is 0 Å². The summed E-state index contributed by atoms with van der Waals surface area (Å²) in [5, 5.41) is 2.94. The SMILES string of the molecule is CC12CC(c3ccc(F)cc3)=CC=C1CCNC2=O. The fraction of sp³-hybridized carbons (Fsp3) is 0.312. The number of carbonyl (C=O) groups excluding carboxylic acids is 1. The zero-order valence-corrected chi connectivity index (χ0v) is 10.9. The number of piperidine rings is 1. The molecule has 0 spiro atoms. The second-order valence-corrected chi connectivity index (χ2v) is 5.41. The lowest BCUT2D eigenvalue weighted by Gasteiger charge is -2.38. The van der Waals surface area contributed by atoms with Crippen LogP contribution in [-0.4, -0.2) is 12.5 Å². The molecular formula is C16H16FNO. The van der Waals surface area contributed by atoms with E-state index in [0.29, 0.717) is 6.42 Å². The van der Waals surface area contributed by atoms with Gasteiger partial charge in [-0.3, -0.25) is 4.79 Å². The Bertz CT molecular complexity index is 585. The molecule has 1 aromatic rings. The van der Waals surface area contributed by atoms with Gasteiger partial charge < -0.3 is 5.32 Å². The van der Waals surface area contributed by atoms with Gasteiger partial charge >= 0.3 is 0 Å². The number of halogens is 1. The maximum absolute atomic E-state index is 13.0. The lowest BCUT2D eigenvalue weighted by atomic mass is 9.69. The highest BCUT2D eigenvalue weighted by atomic mass is 19.1. The normalized spacial score (nSPS) is 26.1. The number of nitrogens with one attached hydrogen (secondary N) is 1. The molecule has 98 valence electrons. The van der Waals surface area contributed by atoms with Gasteiger partial charge in [0, 0.05) is 6.54 Å². The first-order chi connectivity index (χ1) is 9.09. The molecule has 1 aliphatic carbocycles. The molecule has 3 rings (SSSR count). The van der Waals surface area contributed by atoms with Crippen molar-refractivity contribution in [3.63, 3.8) is 0 Å². The number of hydrogen-bond donors (Lipinski definition) is 1. The molecule has 1 atom stereocenters. The molecule has 0 bridgehead atoms. The Balaban J connectivity index is 1.98. The van der Waals surface area contributed by atoms with Crippen LogP contribution in [0, 0.1) is 11.2 Å². The zero-order chi connectivity index (χ0) is 13.5. The third-order valence-electron chi connectivity index (χ3n) is 4.13. The van der Waals surface area contributed by atoms with E-state index in [1.807, 2.05) is 6.92 Å². The Labute approximate surface area is 112 Å². The number of allylic oxidation sites excluding steroid dienone is 3. The van der Waals surface area contributed by atoms with Crippen LogP contribution in [0.5, 0.6) is 0 Å². The van der Waals surface area contributed by atoms with Crippen LogP contribution in [0.15, 0.2) is 42.0 Å². The first kappa shape index (κ1) is 12.2. The Hall–Kier alpha value is -1.90. The Morgan fingerprint density at radius 1 is 1.21 bits per heavy atom. The molecule has 3 heteroatoms. The van der Waals surface area contributed by atoms with E-state index in [1.165, 1.54) is 17.7 Å². The van der Waals surface area contributed by atoms with Crippen LogP contribution in [0.4, 0.5) is 4.39 Å². The molecule has 19 heavy (non-hydrogen) atoms. The van der Waals surface area contributed by atoms with Gasteiger partial charge in [-0.1, -0.05) is 29.9 Å². The highest BCUT2D eigenvalue weighted by Crippen LogP contribution is 2.43. The maximum Gasteiger partial charge on any atom is 0.230 e. The molecule has 1 N–H and O–H groups in total. The van der Waals surface area contributed by atoms with Gasteiger partial charge in [0.15, 0.2) is 0 Å². The van der Waals surface area contributed by atoms with Gasteiger partial charge in [-0.15, -0.1) is 0 Å². The van der Waals surface area contributed by atoms with E-state index >= 15 is 0 Å². The maximum atomic E-state index is 13.0. The number of benzene rings is 1. The second kappa shape index (κ2) is 4.34. The van der Waals surface area contributed by atoms with Crippen molar-refractivity contribution in [1.82, 2.24) is 5.32 Å². The predicted octanol–water partition coefficient (Wildman–Crippen LogP) is 3.07. The minimum absolute atomic E-state index is 0.0951. The van der Waals surface area contributed by atoms with Crippen LogP contribution in [0.25, 0.3) is 5.57 Å². The molecule has 2 nitrogen and oxygen atoms in total. The number of fused-ring (bicyclic) bond motifs is 1. The summed E-state index contributed by atoms with van der Waals surface area (Å²) in [6.45, 7) is 2.71. The highest BCUT2D eigenvalue weighted by Gasteiger charge is 2.41.